The summed E-state index contributed by atoms with van der Waals surface area (Å²) in [6, 6.07) is 12.3. The lowest BCUT2D eigenvalue weighted by Gasteiger charge is -2.13. The zero-order chi connectivity index (χ0) is 14.7. The Morgan fingerprint density at radius 3 is 2.65 bits per heavy atom. The SMILES string of the molecule is CC(O)c1ccccc1NC(=O)c1cccc(Br)c1Cl. The van der Waals surface area contributed by atoms with E-state index >= 15 is 0 Å². The van der Waals surface area contributed by atoms with E-state index < -0.39 is 6.10 Å². The summed E-state index contributed by atoms with van der Waals surface area (Å²) in [6.45, 7) is 1.65. The number of carbonyl (C=O) groups excluding carboxylic acids is 1. The van der Waals surface area contributed by atoms with Crippen LogP contribution >= 0.6 is 27.5 Å². The second-order valence-electron chi connectivity index (χ2n) is 4.32. The fraction of sp³-hybridized carbons (Fsp3) is 0.133. The summed E-state index contributed by atoms with van der Waals surface area (Å²) in [5.41, 5.74) is 1.61. The monoisotopic (exact) mass is 353 g/mol. The minimum absolute atomic E-state index is 0.315. The highest BCUT2D eigenvalue weighted by molar-refractivity contribution is 9.10. The molecular formula is C15H13BrClNO2. The van der Waals surface area contributed by atoms with E-state index in [1.807, 2.05) is 6.07 Å². The fourth-order valence-corrected chi connectivity index (χ4v) is 2.42. The lowest BCUT2D eigenvalue weighted by atomic mass is 10.1. The van der Waals surface area contributed by atoms with Crippen LogP contribution in [0.1, 0.15) is 28.9 Å². The van der Waals surface area contributed by atoms with Gasteiger partial charge in [-0.2, -0.15) is 0 Å². The number of hydrogen-bond acceptors (Lipinski definition) is 2. The second kappa shape index (κ2) is 6.39. The van der Waals surface area contributed by atoms with Crippen molar-refractivity contribution in [1.29, 1.82) is 0 Å². The second-order valence-corrected chi connectivity index (χ2v) is 5.55. The minimum atomic E-state index is -0.663. The summed E-state index contributed by atoms with van der Waals surface area (Å²) in [4.78, 5) is 12.3. The molecule has 20 heavy (non-hydrogen) atoms. The number of halogens is 2. The normalized spacial score (nSPS) is 12.0. The highest BCUT2D eigenvalue weighted by atomic mass is 79.9. The first-order chi connectivity index (χ1) is 9.50. The third-order valence-electron chi connectivity index (χ3n) is 2.86. The Morgan fingerprint density at radius 1 is 1.25 bits per heavy atom. The Labute approximate surface area is 130 Å². The molecule has 0 aliphatic rings. The topological polar surface area (TPSA) is 49.3 Å². The van der Waals surface area contributed by atoms with Gasteiger partial charge in [-0.15, -0.1) is 0 Å². The molecule has 0 saturated heterocycles. The maximum absolute atomic E-state index is 12.3. The predicted octanol–water partition coefficient (Wildman–Crippen LogP) is 4.41. The van der Waals surface area contributed by atoms with E-state index in [2.05, 4.69) is 21.2 Å². The molecule has 104 valence electrons. The van der Waals surface area contributed by atoms with Crippen LogP contribution in [0.4, 0.5) is 5.69 Å². The van der Waals surface area contributed by atoms with Crippen LogP contribution in [-0.2, 0) is 0 Å². The molecule has 5 heteroatoms. The van der Waals surface area contributed by atoms with Crippen LogP contribution in [0.3, 0.4) is 0 Å². The van der Waals surface area contributed by atoms with E-state index in [9.17, 15) is 9.90 Å². The maximum atomic E-state index is 12.3. The summed E-state index contributed by atoms with van der Waals surface area (Å²) in [5.74, 6) is -0.315. The lowest BCUT2D eigenvalue weighted by Crippen LogP contribution is -2.14. The number of para-hydroxylation sites is 1. The summed E-state index contributed by atoms with van der Waals surface area (Å²) in [6.07, 6.45) is -0.663. The summed E-state index contributed by atoms with van der Waals surface area (Å²) >= 11 is 9.39. The van der Waals surface area contributed by atoms with E-state index in [4.69, 9.17) is 11.6 Å². The standard InChI is InChI=1S/C15H13BrClNO2/c1-9(19)10-5-2-3-8-13(10)18-15(20)11-6-4-7-12(16)14(11)17/h2-9,19H,1H3,(H,18,20). The van der Waals surface area contributed by atoms with Crippen LogP contribution in [0.15, 0.2) is 46.9 Å². The van der Waals surface area contributed by atoms with Gasteiger partial charge in [-0.25, -0.2) is 0 Å². The van der Waals surface area contributed by atoms with Gasteiger partial charge in [-0.3, -0.25) is 4.79 Å². The molecule has 1 amide bonds. The molecule has 3 nitrogen and oxygen atoms in total. The van der Waals surface area contributed by atoms with Crippen molar-refractivity contribution in [3.8, 4) is 0 Å². The minimum Gasteiger partial charge on any atom is -0.389 e. The molecule has 0 aromatic heterocycles. The molecular weight excluding hydrogens is 342 g/mol. The Hall–Kier alpha value is -1.36. The molecule has 1 atom stereocenters. The lowest BCUT2D eigenvalue weighted by molar-refractivity contribution is 0.102. The van der Waals surface area contributed by atoms with Crippen LogP contribution in [0.5, 0.6) is 0 Å². The van der Waals surface area contributed by atoms with Gasteiger partial charge in [0.25, 0.3) is 5.91 Å². The van der Waals surface area contributed by atoms with Crippen LogP contribution < -0.4 is 5.32 Å². The molecule has 2 aromatic rings. The average Bonchev–Trinajstić information content (AvgIpc) is 2.42. The number of carbonyl (C=O) groups is 1. The van der Waals surface area contributed by atoms with E-state index in [1.54, 1.807) is 43.3 Å². The van der Waals surface area contributed by atoms with Gasteiger partial charge in [0.2, 0.25) is 0 Å². The van der Waals surface area contributed by atoms with Gasteiger partial charge in [0, 0.05) is 15.7 Å². The number of anilines is 1. The first kappa shape index (κ1) is 15.0. The highest BCUT2D eigenvalue weighted by Gasteiger charge is 2.15. The van der Waals surface area contributed by atoms with Gasteiger partial charge in [0.05, 0.1) is 16.7 Å². The first-order valence-electron chi connectivity index (χ1n) is 6.03. The third-order valence-corrected chi connectivity index (χ3v) is 4.15. The molecule has 1 unspecified atom stereocenters. The molecule has 0 saturated carbocycles. The van der Waals surface area contributed by atoms with Gasteiger partial charge in [0.1, 0.15) is 0 Å². The molecule has 0 spiro atoms. The predicted molar refractivity (Wildman–Crippen MR) is 84.2 cm³/mol. The Kier molecular flexibility index (Phi) is 4.81. The van der Waals surface area contributed by atoms with Gasteiger partial charge in [0.15, 0.2) is 0 Å². The van der Waals surface area contributed by atoms with Crippen molar-refractivity contribution < 1.29 is 9.90 Å². The van der Waals surface area contributed by atoms with Crippen LogP contribution in [-0.4, -0.2) is 11.0 Å². The summed E-state index contributed by atoms with van der Waals surface area (Å²) in [7, 11) is 0. The largest absolute Gasteiger partial charge is 0.389 e. The molecule has 0 radical (unpaired) electrons. The third kappa shape index (κ3) is 3.20. The van der Waals surface area contributed by atoms with Gasteiger partial charge < -0.3 is 10.4 Å². The van der Waals surface area contributed by atoms with Gasteiger partial charge >= 0.3 is 0 Å². The Bertz CT molecular complexity index is 644. The molecule has 2 rings (SSSR count). The van der Waals surface area contributed by atoms with Gasteiger partial charge in [-0.1, -0.05) is 35.9 Å². The van der Waals surface area contributed by atoms with Crippen molar-refractivity contribution in [2.75, 3.05) is 5.32 Å². The Balaban J connectivity index is 2.31. The number of amides is 1. The van der Waals surface area contributed by atoms with Gasteiger partial charge in [-0.05, 0) is 41.1 Å². The summed E-state index contributed by atoms with van der Waals surface area (Å²) in [5, 5.41) is 12.8. The molecule has 2 aromatic carbocycles. The molecule has 0 fully saturated rings. The van der Waals surface area contributed by atoms with Crippen LogP contribution in [0.2, 0.25) is 5.02 Å². The molecule has 0 aliphatic heterocycles. The summed E-state index contributed by atoms with van der Waals surface area (Å²) < 4.78 is 0.663. The van der Waals surface area contributed by atoms with Crippen molar-refractivity contribution in [3.05, 3.63) is 63.1 Å². The van der Waals surface area contributed by atoms with Crippen molar-refractivity contribution >= 4 is 39.1 Å². The van der Waals surface area contributed by atoms with E-state index in [0.717, 1.165) is 0 Å². The number of benzene rings is 2. The average molecular weight is 355 g/mol. The molecule has 0 aliphatic carbocycles. The van der Waals surface area contributed by atoms with Crippen molar-refractivity contribution in [3.63, 3.8) is 0 Å². The highest BCUT2D eigenvalue weighted by Crippen LogP contribution is 2.28. The fourth-order valence-electron chi connectivity index (χ4n) is 1.84. The molecule has 2 N–H and O–H groups in total. The molecule has 0 heterocycles. The molecule has 0 bridgehead atoms. The van der Waals surface area contributed by atoms with E-state index in [1.165, 1.54) is 0 Å². The zero-order valence-corrected chi connectivity index (χ0v) is 13.1. The van der Waals surface area contributed by atoms with Crippen molar-refractivity contribution in [2.24, 2.45) is 0 Å². The van der Waals surface area contributed by atoms with Crippen LogP contribution in [0.25, 0.3) is 0 Å². The number of aliphatic hydroxyl groups is 1. The number of aliphatic hydroxyl groups excluding tert-OH is 1. The first-order valence-corrected chi connectivity index (χ1v) is 7.20. The zero-order valence-electron chi connectivity index (χ0n) is 10.7. The van der Waals surface area contributed by atoms with Crippen molar-refractivity contribution in [1.82, 2.24) is 0 Å². The number of hydrogen-bond donors (Lipinski definition) is 2. The van der Waals surface area contributed by atoms with E-state index in [-0.39, 0.29) is 5.91 Å². The van der Waals surface area contributed by atoms with Crippen LogP contribution in [0, 0.1) is 0 Å². The van der Waals surface area contributed by atoms with Crippen molar-refractivity contribution in [2.45, 2.75) is 13.0 Å². The smallest absolute Gasteiger partial charge is 0.257 e. The number of nitrogens with one attached hydrogen (secondary N) is 1. The quantitative estimate of drug-likeness (QED) is 0.858. The van der Waals surface area contributed by atoms with E-state index in [0.29, 0.717) is 26.3 Å². The maximum Gasteiger partial charge on any atom is 0.257 e. The Morgan fingerprint density at radius 2 is 1.95 bits per heavy atom. The number of rotatable bonds is 3.